The number of benzene rings is 1. The van der Waals surface area contributed by atoms with Crippen molar-refractivity contribution in [3.63, 3.8) is 0 Å². The molecule has 0 bridgehead atoms. The average molecular weight is 288 g/mol. The Morgan fingerprint density at radius 2 is 2.00 bits per heavy atom. The van der Waals surface area contributed by atoms with E-state index in [9.17, 15) is 9.18 Å². The number of nitrogens with zero attached hydrogens (tertiary/aromatic N) is 1. The van der Waals surface area contributed by atoms with E-state index < -0.39 is 0 Å². The van der Waals surface area contributed by atoms with Gasteiger partial charge in [-0.3, -0.25) is 4.79 Å². The number of halogens is 2. The van der Waals surface area contributed by atoms with Gasteiger partial charge in [-0.2, -0.15) is 0 Å². The molecule has 0 saturated heterocycles. The summed E-state index contributed by atoms with van der Waals surface area (Å²) in [6, 6.07) is 6.22. The Morgan fingerprint density at radius 1 is 1.44 bits per heavy atom. The van der Waals surface area contributed by atoms with Gasteiger partial charge in [0.25, 0.3) is 0 Å². The first kappa shape index (κ1) is 13.2. The van der Waals surface area contributed by atoms with Crippen LogP contribution < -0.4 is 0 Å². The third kappa shape index (κ3) is 3.04. The van der Waals surface area contributed by atoms with Gasteiger partial charge in [0.2, 0.25) is 5.91 Å². The van der Waals surface area contributed by atoms with Gasteiger partial charge in [0.05, 0.1) is 11.4 Å². The van der Waals surface area contributed by atoms with E-state index in [0.29, 0.717) is 11.9 Å². The molecule has 0 saturated carbocycles. The molecule has 1 aromatic rings. The van der Waals surface area contributed by atoms with Gasteiger partial charge in [-0.05, 0) is 31.5 Å². The highest BCUT2D eigenvalue weighted by Crippen LogP contribution is 2.20. The summed E-state index contributed by atoms with van der Waals surface area (Å²) in [6.45, 7) is 4.51. The minimum absolute atomic E-state index is 0.0318. The highest BCUT2D eigenvalue weighted by atomic mass is 79.9. The molecule has 88 valence electrons. The molecule has 4 heteroatoms. The van der Waals surface area contributed by atoms with Crippen molar-refractivity contribution in [2.24, 2.45) is 0 Å². The monoisotopic (exact) mass is 287 g/mol. The second kappa shape index (κ2) is 5.99. The second-order valence-corrected chi connectivity index (χ2v) is 4.10. The van der Waals surface area contributed by atoms with Gasteiger partial charge in [-0.1, -0.05) is 28.1 Å². The minimum atomic E-state index is -0.259. The molecule has 1 aromatic carbocycles. The third-order valence-electron chi connectivity index (χ3n) is 2.60. The van der Waals surface area contributed by atoms with Crippen molar-refractivity contribution in [2.45, 2.75) is 19.9 Å². The predicted molar refractivity (Wildman–Crippen MR) is 66.0 cm³/mol. The first-order chi connectivity index (χ1) is 7.60. The maximum absolute atomic E-state index is 12.8. The minimum Gasteiger partial charge on any atom is -0.335 e. The molecule has 1 amide bonds. The molecule has 0 spiro atoms. The molecule has 0 N–H and O–H groups in total. The van der Waals surface area contributed by atoms with E-state index in [-0.39, 0.29) is 17.8 Å². The van der Waals surface area contributed by atoms with Crippen LogP contribution in [0.2, 0.25) is 0 Å². The fourth-order valence-corrected chi connectivity index (χ4v) is 1.99. The third-order valence-corrected chi connectivity index (χ3v) is 3.07. The molecule has 1 atom stereocenters. The number of carbonyl (C=O) groups excluding carboxylic acids is 1. The lowest BCUT2D eigenvalue weighted by atomic mass is 10.1. The summed E-state index contributed by atoms with van der Waals surface area (Å²) in [5.74, 6) is -0.217. The van der Waals surface area contributed by atoms with Gasteiger partial charge in [0.1, 0.15) is 5.82 Å². The number of alkyl halides is 1. The van der Waals surface area contributed by atoms with Crippen molar-refractivity contribution in [1.82, 2.24) is 4.90 Å². The Morgan fingerprint density at radius 3 is 2.44 bits per heavy atom. The largest absolute Gasteiger partial charge is 0.335 e. The van der Waals surface area contributed by atoms with Crippen molar-refractivity contribution >= 4 is 21.8 Å². The zero-order chi connectivity index (χ0) is 12.1. The van der Waals surface area contributed by atoms with Gasteiger partial charge >= 0.3 is 0 Å². The molecule has 16 heavy (non-hydrogen) atoms. The fourth-order valence-electron chi connectivity index (χ4n) is 1.66. The molecule has 0 aliphatic carbocycles. The van der Waals surface area contributed by atoms with Gasteiger partial charge < -0.3 is 4.90 Å². The van der Waals surface area contributed by atoms with E-state index in [2.05, 4.69) is 15.9 Å². The normalized spacial score (nSPS) is 12.2. The first-order valence-electron chi connectivity index (χ1n) is 5.21. The molecular weight excluding hydrogens is 273 g/mol. The van der Waals surface area contributed by atoms with Gasteiger partial charge in [0, 0.05) is 6.54 Å². The number of amides is 1. The number of carbonyl (C=O) groups is 1. The van der Waals surface area contributed by atoms with E-state index in [1.54, 1.807) is 17.0 Å². The number of hydrogen-bond donors (Lipinski definition) is 0. The average Bonchev–Trinajstić information content (AvgIpc) is 2.30. The van der Waals surface area contributed by atoms with Crippen LogP contribution in [0, 0.1) is 5.82 Å². The first-order valence-corrected chi connectivity index (χ1v) is 6.33. The van der Waals surface area contributed by atoms with Crippen LogP contribution in [-0.4, -0.2) is 22.7 Å². The maximum atomic E-state index is 12.8. The lowest BCUT2D eigenvalue weighted by Crippen LogP contribution is -2.34. The van der Waals surface area contributed by atoms with Crippen molar-refractivity contribution in [1.29, 1.82) is 0 Å². The summed E-state index contributed by atoms with van der Waals surface area (Å²) in [5, 5.41) is 0.312. The van der Waals surface area contributed by atoms with Crippen LogP contribution in [0.4, 0.5) is 4.39 Å². The van der Waals surface area contributed by atoms with E-state index in [4.69, 9.17) is 0 Å². The van der Waals surface area contributed by atoms with Crippen LogP contribution in [0.15, 0.2) is 24.3 Å². The van der Waals surface area contributed by atoms with E-state index >= 15 is 0 Å². The zero-order valence-corrected chi connectivity index (χ0v) is 11.0. The molecule has 1 unspecified atom stereocenters. The van der Waals surface area contributed by atoms with Crippen LogP contribution >= 0.6 is 15.9 Å². The molecule has 0 heterocycles. The quantitative estimate of drug-likeness (QED) is 0.779. The summed E-state index contributed by atoms with van der Waals surface area (Å²) >= 11 is 3.16. The van der Waals surface area contributed by atoms with Gasteiger partial charge in [0.15, 0.2) is 0 Å². The predicted octanol–water partition coefficient (Wildman–Crippen LogP) is 3.13. The summed E-state index contributed by atoms with van der Waals surface area (Å²) in [4.78, 5) is 13.4. The second-order valence-electron chi connectivity index (χ2n) is 3.54. The van der Waals surface area contributed by atoms with Gasteiger partial charge in [-0.15, -0.1) is 0 Å². The standard InChI is InChI=1S/C12H15BrFNO/c1-3-15(12(16)8-13)9(2)10-4-6-11(14)7-5-10/h4-7,9H,3,8H2,1-2H3. The molecule has 0 aromatic heterocycles. The Hall–Kier alpha value is -0.900. The van der Waals surface area contributed by atoms with Crippen molar-refractivity contribution in [3.8, 4) is 0 Å². The number of rotatable bonds is 4. The maximum Gasteiger partial charge on any atom is 0.233 e. The van der Waals surface area contributed by atoms with Crippen molar-refractivity contribution in [2.75, 3.05) is 11.9 Å². The molecule has 1 rings (SSSR count). The summed E-state index contributed by atoms with van der Waals surface area (Å²) < 4.78 is 12.8. The van der Waals surface area contributed by atoms with Crippen LogP contribution in [-0.2, 0) is 4.79 Å². The highest BCUT2D eigenvalue weighted by Gasteiger charge is 2.18. The Bertz CT molecular complexity index is 353. The summed E-state index contributed by atoms with van der Waals surface area (Å²) in [7, 11) is 0. The van der Waals surface area contributed by atoms with Crippen LogP contribution in [0.3, 0.4) is 0 Å². The van der Waals surface area contributed by atoms with E-state index in [1.807, 2.05) is 13.8 Å². The Balaban J connectivity index is 2.86. The smallest absolute Gasteiger partial charge is 0.233 e. The van der Waals surface area contributed by atoms with E-state index in [1.165, 1.54) is 12.1 Å². The lowest BCUT2D eigenvalue weighted by molar-refractivity contribution is -0.130. The SMILES string of the molecule is CCN(C(=O)CBr)C(C)c1ccc(F)cc1. The van der Waals surface area contributed by atoms with Crippen LogP contribution in [0.1, 0.15) is 25.5 Å². The molecule has 0 fully saturated rings. The summed E-state index contributed by atoms with van der Waals surface area (Å²) in [5.41, 5.74) is 0.942. The number of hydrogen-bond acceptors (Lipinski definition) is 1. The molecule has 2 nitrogen and oxygen atoms in total. The van der Waals surface area contributed by atoms with Crippen molar-refractivity contribution in [3.05, 3.63) is 35.6 Å². The topological polar surface area (TPSA) is 20.3 Å². The molecule has 0 aliphatic heterocycles. The van der Waals surface area contributed by atoms with Crippen LogP contribution in [0.25, 0.3) is 0 Å². The Labute approximate surface area is 104 Å². The van der Waals surface area contributed by atoms with Crippen molar-refractivity contribution < 1.29 is 9.18 Å². The lowest BCUT2D eigenvalue weighted by Gasteiger charge is -2.27. The Kier molecular flexibility index (Phi) is 4.93. The van der Waals surface area contributed by atoms with E-state index in [0.717, 1.165) is 5.56 Å². The zero-order valence-electron chi connectivity index (χ0n) is 9.41. The van der Waals surface area contributed by atoms with Crippen LogP contribution in [0.5, 0.6) is 0 Å². The molecule has 0 aliphatic rings. The summed E-state index contributed by atoms with van der Waals surface area (Å²) in [6.07, 6.45) is 0. The van der Waals surface area contributed by atoms with Gasteiger partial charge in [-0.25, -0.2) is 4.39 Å². The fraction of sp³-hybridized carbons (Fsp3) is 0.417. The highest BCUT2D eigenvalue weighted by molar-refractivity contribution is 9.09. The molecular formula is C12H15BrFNO. The molecule has 0 radical (unpaired) electrons.